The second-order valence-corrected chi connectivity index (χ2v) is 7.69. The Balaban J connectivity index is 1.45. The van der Waals surface area contributed by atoms with Crippen molar-refractivity contribution in [3.05, 3.63) is 95.4 Å². The van der Waals surface area contributed by atoms with E-state index in [1.54, 1.807) is 17.9 Å². The summed E-state index contributed by atoms with van der Waals surface area (Å²) in [5, 5.41) is 16.2. The largest absolute Gasteiger partial charge is 0.360 e. The van der Waals surface area contributed by atoms with Gasteiger partial charge in [-0.25, -0.2) is 0 Å². The Kier molecular flexibility index (Phi) is 6.63. The SMILES string of the molecule is Cc1cc(N/C=C(/C#N)C(=O)N2CCN(C(c3ccccc3)c3ccccc3)CC2)no1. The van der Waals surface area contributed by atoms with Crippen LogP contribution in [0.5, 0.6) is 0 Å². The summed E-state index contributed by atoms with van der Waals surface area (Å²) >= 11 is 0. The Labute approximate surface area is 187 Å². The first kappa shape index (κ1) is 21.3. The minimum absolute atomic E-state index is 0.0433. The predicted octanol–water partition coefficient (Wildman–Crippen LogP) is 3.74. The number of benzene rings is 2. The number of nitrogens with zero attached hydrogens (tertiary/aromatic N) is 4. The summed E-state index contributed by atoms with van der Waals surface area (Å²) in [5.74, 6) is 0.825. The zero-order valence-electron chi connectivity index (χ0n) is 17.9. The van der Waals surface area contributed by atoms with Crippen LogP contribution in [0.1, 0.15) is 22.9 Å². The van der Waals surface area contributed by atoms with Crippen molar-refractivity contribution in [2.45, 2.75) is 13.0 Å². The van der Waals surface area contributed by atoms with Crippen molar-refractivity contribution >= 4 is 11.7 Å². The smallest absolute Gasteiger partial charge is 0.266 e. The third kappa shape index (κ3) is 4.88. The van der Waals surface area contributed by atoms with E-state index in [9.17, 15) is 10.1 Å². The minimum atomic E-state index is -0.282. The van der Waals surface area contributed by atoms with Crippen LogP contribution in [-0.4, -0.2) is 47.0 Å². The molecular weight excluding hydrogens is 402 g/mol. The van der Waals surface area contributed by atoms with Gasteiger partial charge in [0.1, 0.15) is 17.4 Å². The van der Waals surface area contributed by atoms with Crippen LogP contribution in [0.4, 0.5) is 5.82 Å². The van der Waals surface area contributed by atoms with Crippen LogP contribution >= 0.6 is 0 Å². The van der Waals surface area contributed by atoms with Crippen molar-refractivity contribution in [2.24, 2.45) is 0 Å². The Bertz CT molecular complexity index is 1070. The molecule has 0 unspecified atom stereocenters. The molecule has 1 N–H and O–H groups in total. The highest BCUT2D eigenvalue weighted by molar-refractivity contribution is 5.97. The summed E-state index contributed by atoms with van der Waals surface area (Å²) in [6.45, 7) is 4.31. The highest BCUT2D eigenvalue weighted by Crippen LogP contribution is 2.29. The maximum atomic E-state index is 12.9. The molecule has 1 aliphatic heterocycles. The molecule has 0 bridgehead atoms. The quantitative estimate of drug-likeness (QED) is 0.477. The fourth-order valence-corrected chi connectivity index (χ4v) is 3.96. The van der Waals surface area contributed by atoms with Crippen molar-refractivity contribution < 1.29 is 9.32 Å². The van der Waals surface area contributed by atoms with Gasteiger partial charge in [-0.3, -0.25) is 9.69 Å². The maximum Gasteiger partial charge on any atom is 0.266 e. The highest BCUT2D eigenvalue weighted by Gasteiger charge is 2.29. The summed E-state index contributed by atoms with van der Waals surface area (Å²) in [4.78, 5) is 17.0. The molecule has 3 aromatic rings. The van der Waals surface area contributed by atoms with E-state index in [0.29, 0.717) is 24.7 Å². The number of aryl methyl sites for hydroxylation is 1. The number of aromatic nitrogens is 1. The van der Waals surface area contributed by atoms with Gasteiger partial charge in [0.25, 0.3) is 5.91 Å². The van der Waals surface area contributed by atoms with Gasteiger partial charge < -0.3 is 14.7 Å². The highest BCUT2D eigenvalue weighted by atomic mass is 16.5. The number of carbonyl (C=O) groups is 1. The van der Waals surface area contributed by atoms with Crippen molar-refractivity contribution in [3.8, 4) is 6.07 Å². The molecule has 32 heavy (non-hydrogen) atoms. The zero-order valence-corrected chi connectivity index (χ0v) is 17.9. The molecule has 1 fully saturated rings. The van der Waals surface area contributed by atoms with Crippen LogP contribution in [0.2, 0.25) is 0 Å². The molecule has 7 heteroatoms. The molecule has 162 valence electrons. The molecule has 1 aliphatic rings. The van der Waals surface area contributed by atoms with Crippen LogP contribution in [0.3, 0.4) is 0 Å². The van der Waals surface area contributed by atoms with E-state index < -0.39 is 0 Å². The molecule has 0 atom stereocenters. The standard InChI is InChI=1S/C25H25N5O2/c1-19-16-23(28-32-19)27-18-22(17-26)25(31)30-14-12-29(13-15-30)24(20-8-4-2-5-9-20)21-10-6-3-7-11-21/h2-11,16,18,24H,12-15H2,1H3,(H,27,28)/b22-18-. The van der Waals surface area contributed by atoms with Gasteiger partial charge in [0.15, 0.2) is 5.82 Å². The third-order valence-corrected chi connectivity index (χ3v) is 5.54. The molecule has 4 rings (SSSR count). The number of hydrogen-bond acceptors (Lipinski definition) is 6. The first-order valence-corrected chi connectivity index (χ1v) is 10.6. The predicted molar refractivity (Wildman–Crippen MR) is 121 cm³/mol. The van der Waals surface area contributed by atoms with Gasteiger partial charge in [-0.15, -0.1) is 0 Å². The van der Waals surface area contributed by atoms with Crippen LogP contribution < -0.4 is 5.32 Å². The molecule has 1 saturated heterocycles. The first-order valence-electron chi connectivity index (χ1n) is 10.6. The number of carbonyl (C=O) groups excluding carboxylic acids is 1. The van der Waals surface area contributed by atoms with Crippen LogP contribution in [-0.2, 0) is 4.79 Å². The fourth-order valence-electron chi connectivity index (χ4n) is 3.96. The Morgan fingerprint density at radius 3 is 2.16 bits per heavy atom. The molecule has 1 amide bonds. The van der Waals surface area contributed by atoms with Gasteiger partial charge in [-0.1, -0.05) is 65.8 Å². The van der Waals surface area contributed by atoms with Crippen LogP contribution in [0.15, 0.2) is 83.0 Å². The lowest BCUT2D eigenvalue weighted by Gasteiger charge is -2.39. The Morgan fingerprint density at radius 2 is 1.66 bits per heavy atom. The molecule has 0 saturated carbocycles. The average Bonchev–Trinajstić information content (AvgIpc) is 3.26. The van der Waals surface area contributed by atoms with Crippen molar-refractivity contribution in [1.29, 1.82) is 5.26 Å². The summed E-state index contributed by atoms with van der Waals surface area (Å²) in [6.07, 6.45) is 1.39. The van der Waals surface area contributed by atoms with Crippen LogP contribution in [0, 0.1) is 18.3 Å². The topological polar surface area (TPSA) is 85.4 Å². The summed E-state index contributed by atoms with van der Waals surface area (Å²) < 4.78 is 4.99. The Morgan fingerprint density at radius 1 is 1.06 bits per heavy atom. The molecule has 2 heterocycles. The number of hydrogen-bond donors (Lipinski definition) is 1. The molecule has 0 spiro atoms. The first-order chi connectivity index (χ1) is 15.7. The van der Waals surface area contributed by atoms with E-state index in [4.69, 9.17) is 4.52 Å². The molecule has 0 radical (unpaired) electrons. The zero-order chi connectivity index (χ0) is 22.3. The Hall–Kier alpha value is -3.89. The summed E-state index contributed by atoms with van der Waals surface area (Å²) in [6, 6.07) is 24.6. The molecular formula is C25H25N5O2. The third-order valence-electron chi connectivity index (χ3n) is 5.54. The van der Waals surface area contributed by atoms with E-state index in [1.165, 1.54) is 17.3 Å². The molecule has 7 nitrogen and oxygen atoms in total. The summed E-state index contributed by atoms with van der Waals surface area (Å²) in [5.41, 5.74) is 2.49. The van der Waals surface area contributed by atoms with Gasteiger partial charge in [0.2, 0.25) is 0 Å². The second-order valence-electron chi connectivity index (χ2n) is 7.69. The number of amides is 1. The monoisotopic (exact) mass is 427 g/mol. The molecule has 1 aromatic heterocycles. The number of piperazine rings is 1. The number of rotatable bonds is 6. The maximum absolute atomic E-state index is 12.9. The van der Waals surface area contributed by atoms with E-state index in [1.807, 2.05) is 18.2 Å². The van der Waals surface area contributed by atoms with Crippen molar-refractivity contribution in [3.63, 3.8) is 0 Å². The number of anilines is 1. The van der Waals surface area contributed by atoms with Gasteiger partial charge >= 0.3 is 0 Å². The van der Waals surface area contributed by atoms with Gasteiger partial charge in [0, 0.05) is 38.4 Å². The lowest BCUT2D eigenvalue weighted by atomic mass is 9.96. The molecule has 2 aromatic carbocycles. The molecule has 0 aliphatic carbocycles. The van der Waals surface area contributed by atoms with Crippen molar-refractivity contribution in [2.75, 3.05) is 31.5 Å². The average molecular weight is 428 g/mol. The van der Waals surface area contributed by atoms with Gasteiger partial charge in [-0.2, -0.15) is 5.26 Å². The second kappa shape index (κ2) is 9.94. The van der Waals surface area contributed by atoms with E-state index in [2.05, 4.69) is 63.9 Å². The van der Waals surface area contributed by atoms with E-state index in [0.717, 1.165) is 13.1 Å². The van der Waals surface area contributed by atoms with E-state index >= 15 is 0 Å². The fraction of sp³-hybridized carbons (Fsp3) is 0.240. The van der Waals surface area contributed by atoms with Gasteiger partial charge in [0.05, 0.1) is 6.04 Å². The van der Waals surface area contributed by atoms with Crippen molar-refractivity contribution in [1.82, 2.24) is 15.0 Å². The van der Waals surface area contributed by atoms with E-state index in [-0.39, 0.29) is 17.5 Å². The normalized spacial score (nSPS) is 14.9. The minimum Gasteiger partial charge on any atom is -0.360 e. The van der Waals surface area contributed by atoms with Crippen LogP contribution in [0.25, 0.3) is 0 Å². The lowest BCUT2D eigenvalue weighted by molar-refractivity contribution is -0.128. The van der Waals surface area contributed by atoms with Gasteiger partial charge in [-0.05, 0) is 18.1 Å². The number of nitriles is 1. The lowest BCUT2D eigenvalue weighted by Crippen LogP contribution is -2.50. The number of nitrogens with one attached hydrogen (secondary N) is 1. The summed E-state index contributed by atoms with van der Waals surface area (Å²) in [7, 11) is 0.